The van der Waals surface area contributed by atoms with E-state index in [9.17, 15) is 9.59 Å². The first-order chi connectivity index (χ1) is 10.1. The number of carbonyl (C=O) groups excluding carboxylic acids is 2. The molecule has 0 spiro atoms. The molecule has 21 heavy (non-hydrogen) atoms. The number of carbonyl (C=O) groups is 2. The van der Waals surface area contributed by atoms with Gasteiger partial charge in [0.1, 0.15) is 0 Å². The van der Waals surface area contributed by atoms with Gasteiger partial charge in [0.05, 0.1) is 16.3 Å². The summed E-state index contributed by atoms with van der Waals surface area (Å²) in [6, 6.07) is 12.7. The summed E-state index contributed by atoms with van der Waals surface area (Å²) in [5, 5.41) is -0.286. The van der Waals surface area contributed by atoms with Gasteiger partial charge < -0.3 is 0 Å². The molecule has 1 aromatic carbocycles. The molecular formula is C16H12N2O2S. The Labute approximate surface area is 126 Å². The lowest BCUT2D eigenvalue weighted by atomic mass is 10.2. The number of nitrogens with zero attached hydrogens (tertiary/aromatic N) is 2. The number of rotatable bonds is 2. The summed E-state index contributed by atoms with van der Waals surface area (Å²) in [7, 11) is 0. The molecule has 1 aliphatic rings. The molecule has 4 nitrogen and oxygen atoms in total. The number of hydrogen-bond acceptors (Lipinski definition) is 4. The van der Waals surface area contributed by atoms with Crippen LogP contribution in [0.2, 0.25) is 0 Å². The van der Waals surface area contributed by atoms with Gasteiger partial charge in [-0.2, -0.15) is 0 Å². The minimum atomic E-state index is -0.306. The first-order valence-corrected chi connectivity index (χ1v) is 7.22. The molecule has 1 aliphatic heterocycles. The Morgan fingerprint density at radius 2 is 1.86 bits per heavy atom. The molecule has 1 aromatic heterocycles. The molecule has 1 fully saturated rings. The van der Waals surface area contributed by atoms with E-state index in [0.29, 0.717) is 16.3 Å². The quantitative estimate of drug-likeness (QED) is 0.794. The summed E-state index contributed by atoms with van der Waals surface area (Å²) in [4.78, 5) is 30.2. The van der Waals surface area contributed by atoms with Crippen LogP contribution in [0.4, 0.5) is 10.5 Å². The highest BCUT2D eigenvalue weighted by atomic mass is 32.2. The van der Waals surface area contributed by atoms with Crippen molar-refractivity contribution in [1.29, 1.82) is 0 Å². The normalized spacial score (nSPS) is 16.8. The number of benzene rings is 1. The van der Waals surface area contributed by atoms with E-state index in [2.05, 4.69) is 4.98 Å². The number of aromatic nitrogens is 1. The number of thioether (sulfide) groups is 1. The maximum atomic E-state index is 12.4. The van der Waals surface area contributed by atoms with E-state index in [1.807, 2.05) is 25.1 Å². The number of pyridine rings is 1. The van der Waals surface area contributed by atoms with E-state index in [1.54, 1.807) is 36.5 Å². The van der Waals surface area contributed by atoms with Crippen LogP contribution in [-0.4, -0.2) is 16.1 Å². The van der Waals surface area contributed by atoms with Gasteiger partial charge in [0.15, 0.2) is 0 Å². The second-order valence-electron chi connectivity index (χ2n) is 4.61. The van der Waals surface area contributed by atoms with Gasteiger partial charge in [-0.25, -0.2) is 4.90 Å². The molecule has 104 valence electrons. The van der Waals surface area contributed by atoms with Crippen molar-refractivity contribution < 1.29 is 9.59 Å². The molecule has 2 aromatic rings. The van der Waals surface area contributed by atoms with Crippen LogP contribution in [0, 0.1) is 6.92 Å². The second-order valence-corrected chi connectivity index (χ2v) is 5.60. The summed E-state index contributed by atoms with van der Waals surface area (Å²) in [6.07, 6.45) is 3.29. The summed E-state index contributed by atoms with van der Waals surface area (Å²) < 4.78 is 0. The Kier molecular flexibility index (Phi) is 3.58. The van der Waals surface area contributed by atoms with Crippen LogP contribution in [0.1, 0.15) is 11.3 Å². The average Bonchev–Trinajstić information content (AvgIpc) is 2.76. The highest BCUT2D eigenvalue weighted by molar-refractivity contribution is 8.19. The molecule has 0 N–H and O–H groups in total. The molecule has 0 saturated carbocycles. The molecule has 0 bridgehead atoms. The molecule has 0 unspecified atom stereocenters. The van der Waals surface area contributed by atoms with Crippen molar-refractivity contribution in [1.82, 2.24) is 4.98 Å². The monoisotopic (exact) mass is 296 g/mol. The first-order valence-electron chi connectivity index (χ1n) is 6.41. The van der Waals surface area contributed by atoms with Gasteiger partial charge in [-0.15, -0.1) is 0 Å². The largest absolute Gasteiger partial charge is 0.298 e. The van der Waals surface area contributed by atoms with Crippen LogP contribution in [0.25, 0.3) is 6.08 Å². The van der Waals surface area contributed by atoms with Crippen LogP contribution in [0.3, 0.4) is 0 Å². The standard InChI is InChI=1S/C16H12N2O2S/c1-11-5-7-13(8-6-11)18-15(19)14(21-16(18)20)10-12-4-2-3-9-17-12/h2-10H,1H3/b14-10-. The van der Waals surface area contributed by atoms with Crippen LogP contribution < -0.4 is 4.90 Å². The fourth-order valence-electron chi connectivity index (χ4n) is 1.98. The zero-order valence-electron chi connectivity index (χ0n) is 11.3. The Morgan fingerprint density at radius 1 is 1.10 bits per heavy atom. The number of aryl methyl sites for hydroxylation is 1. The summed E-state index contributed by atoms with van der Waals surface area (Å²) in [6.45, 7) is 1.96. The fraction of sp³-hybridized carbons (Fsp3) is 0.0625. The van der Waals surface area contributed by atoms with Gasteiger partial charge in [0.25, 0.3) is 11.1 Å². The van der Waals surface area contributed by atoms with Crippen molar-refractivity contribution in [3.05, 3.63) is 64.8 Å². The molecular weight excluding hydrogens is 284 g/mol. The Bertz CT molecular complexity index is 724. The second kappa shape index (κ2) is 5.54. The highest BCUT2D eigenvalue weighted by Crippen LogP contribution is 2.35. The van der Waals surface area contributed by atoms with E-state index in [-0.39, 0.29) is 11.1 Å². The zero-order chi connectivity index (χ0) is 14.8. The third kappa shape index (κ3) is 2.73. The van der Waals surface area contributed by atoms with E-state index >= 15 is 0 Å². The molecule has 1 saturated heterocycles. The summed E-state index contributed by atoms with van der Waals surface area (Å²) >= 11 is 0.934. The number of anilines is 1. The van der Waals surface area contributed by atoms with Crippen molar-refractivity contribution >= 4 is 34.7 Å². The van der Waals surface area contributed by atoms with Crippen molar-refractivity contribution in [2.24, 2.45) is 0 Å². The fourth-order valence-corrected chi connectivity index (χ4v) is 2.81. The van der Waals surface area contributed by atoms with Gasteiger partial charge in [0.2, 0.25) is 0 Å². The van der Waals surface area contributed by atoms with Crippen molar-refractivity contribution in [2.75, 3.05) is 4.90 Å². The Morgan fingerprint density at radius 3 is 2.52 bits per heavy atom. The predicted molar refractivity (Wildman–Crippen MR) is 83.9 cm³/mol. The highest BCUT2D eigenvalue weighted by Gasteiger charge is 2.36. The molecule has 0 atom stereocenters. The number of hydrogen-bond donors (Lipinski definition) is 0. The Balaban J connectivity index is 1.92. The summed E-state index contributed by atoms with van der Waals surface area (Å²) in [5.41, 5.74) is 2.33. The van der Waals surface area contributed by atoms with Crippen LogP contribution in [0.5, 0.6) is 0 Å². The molecule has 3 rings (SSSR count). The molecule has 2 amide bonds. The van der Waals surface area contributed by atoms with Gasteiger partial charge in [0, 0.05) is 6.20 Å². The lowest BCUT2D eigenvalue weighted by Gasteiger charge is -2.12. The minimum absolute atomic E-state index is 0.286. The average molecular weight is 296 g/mol. The van der Waals surface area contributed by atoms with Crippen LogP contribution >= 0.6 is 11.8 Å². The third-order valence-corrected chi connectivity index (χ3v) is 3.92. The maximum Gasteiger partial charge on any atom is 0.298 e. The molecule has 5 heteroatoms. The van der Waals surface area contributed by atoms with Crippen molar-refractivity contribution in [2.45, 2.75) is 6.92 Å². The van der Waals surface area contributed by atoms with Crippen LogP contribution in [-0.2, 0) is 4.79 Å². The van der Waals surface area contributed by atoms with E-state index in [1.165, 1.54) is 4.90 Å². The molecule has 0 aliphatic carbocycles. The molecule has 2 heterocycles. The van der Waals surface area contributed by atoms with E-state index in [0.717, 1.165) is 17.3 Å². The third-order valence-electron chi connectivity index (χ3n) is 3.05. The van der Waals surface area contributed by atoms with Gasteiger partial charge in [-0.3, -0.25) is 14.6 Å². The lowest BCUT2D eigenvalue weighted by Crippen LogP contribution is -2.27. The minimum Gasteiger partial charge on any atom is -0.268 e. The lowest BCUT2D eigenvalue weighted by molar-refractivity contribution is -0.113. The van der Waals surface area contributed by atoms with E-state index < -0.39 is 0 Å². The predicted octanol–water partition coefficient (Wildman–Crippen LogP) is 3.63. The Hall–Kier alpha value is -2.40. The van der Waals surface area contributed by atoms with Gasteiger partial charge >= 0.3 is 0 Å². The first kappa shape index (κ1) is 13.6. The number of amides is 2. The topological polar surface area (TPSA) is 50.3 Å². The smallest absolute Gasteiger partial charge is 0.268 e. The SMILES string of the molecule is Cc1ccc(N2C(=O)S/C(=C\c3ccccn3)C2=O)cc1. The van der Waals surface area contributed by atoms with Gasteiger partial charge in [-0.1, -0.05) is 23.8 Å². The zero-order valence-corrected chi connectivity index (χ0v) is 12.1. The van der Waals surface area contributed by atoms with Gasteiger partial charge in [-0.05, 0) is 49.0 Å². The maximum absolute atomic E-state index is 12.4. The van der Waals surface area contributed by atoms with Crippen LogP contribution in [0.15, 0.2) is 53.6 Å². The number of imide groups is 1. The van der Waals surface area contributed by atoms with E-state index in [4.69, 9.17) is 0 Å². The van der Waals surface area contributed by atoms with Crippen molar-refractivity contribution in [3.8, 4) is 0 Å². The summed E-state index contributed by atoms with van der Waals surface area (Å²) in [5.74, 6) is -0.306. The molecule has 0 radical (unpaired) electrons. The van der Waals surface area contributed by atoms with Crippen molar-refractivity contribution in [3.63, 3.8) is 0 Å².